The van der Waals surface area contributed by atoms with Gasteiger partial charge in [0.05, 0.1) is 23.3 Å². The minimum Gasteiger partial charge on any atom is -0.398 e. The highest BCUT2D eigenvalue weighted by Crippen LogP contribution is 2.39. The molecule has 0 spiro atoms. The van der Waals surface area contributed by atoms with Gasteiger partial charge in [0.15, 0.2) is 0 Å². The molecule has 0 saturated heterocycles. The van der Waals surface area contributed by atoms with Gasteiger partial charge in [-0.3, -0.25) is 0 Å². The Balaban J connectivity index is 1.21. The molecule has 9 aromatic rings. The summed E-state index contributed by atoms with van der Waals surface area (Å²) >= 11 is 0. The third-order valence-corrected chi connectivity index (χ3v) is 10.8. The van der Waals surface area contributed by atoms with Crippen LogP contribution in [0.2, 0.25) is 0 Å². The fourth-order valence-electron chi connectivity index (χ4n) is 7.82. The molecule has 0 bridgehead atoms. The minimum absolute atomic E-state index is 0.562. The first-order chi connectivity index (χ1) is 29.0. The number of benzene rings is 9. The van der Waals surface area contributed by atoms with E-state index in [9.17, 15) is 10.5 Å². The second-order valence-corrected chi connectivity index (χ2v) is 14.7. The number of hydrogen-bond donors (Lipinski definition) is 1. The molecule has 0 fully saturated rings. The first kappa shape index (κ1) is 36.4. The van der Waals surface area contributed by atoms with E-state index in [2.05, 4.69) is 146 Å². The first-order valence-electron chi connectivity index (χ1n) is 19.5. The third-order valence-electron chi connectivity index (χ3n) is 10.8. The van der Waals surface area contributed by atoms with Gasteiger partial charge in [0.2, 0.25) is 0 Å². The van der Waals surface area contributed by atoms with Crippen LogP contribution in [0.25, 0.3) is 89.0 Å². The summed E-state index contributed by atoms with van der Waals surface area (Å²) in [5.74, 6) is 0. The molecular weight excluding hydrogens is 715 g/mol. The van der Waals surface area contributed by atoms with Crippen molar-refractivity contribution in [1.29, 1.82) is 10.5 Å². The number of para-hydroxylation sites is 1. The largest absolute Gasteiger partial charge is 0.398 e. The second-order valence-electron chi connectivity index (χ2n) is 14.7. The van der Waals surface area contributed by atoms with Crippen LogP contribution in [0.15, 0.2) is 212 Å². The molecule has 0 heterocycles. The van der Waals surface area contributed by atoms with E-state index in [1.807, 2.05) is 78.9 Å². The van der Waals surface area contributed by atoms with Crippen LogP contribution in [0.3, 0.4) is 0 Å². The highest BCUT2D eigenvalue weighted by atomic mass is 14.6. The van der Waals surface area contributed by atoms with Crippen molar-refractivity contribution in [2.24, 2.45) is 0 Å². The molecule has 3 heteroatoms. The molecule has 0 atom stereocenters. The van der Waals surface area contributed by atoms with Crippen molar-refractivity contribution >= 4 is 5.69 Å². The highest BCUT2D eigenvalue weighted by Gasteiger charge is 2.14. The maximum absolute atomic E-state index is 10.3. The van der Waals surface area contributed by atoms with E-state index in [0.29, 0.717) is 16.8 Å². The molecule has 2 N–H and O–H groups in total. The van der Waals surface area contributed by atoms with E-state index in [1.54, 1.807) is 0 Å². The number of hydrogen-bond acceptors (Lipinski definition) is 3. The lowest BCUT2D eigenvalue weighted by atomic mass is 9.89. The summed E-state index contributed by atoms with van der Waals surface area (Å²) in [6.07, 6.45) is 0. The van der Waals surface area contributed by atoms with Gasteiger partial charge < -0.3 is 5.73 Å². The lowest BCUT2D eigenvalue weighted by molar-refractivity contribution is 1.47. The molecule has 0 amide bonds. The summed E-state index contributed by atoms with van der Waals surface area (Å²) in [5.41, 5.74) is 24.5. The Morgan fingerprint density at radius 3 is 0.932 bits per heavy atom. The van der Waals surface area contributed by atoms with E-state index < -0.39 is 0 Å². The maximum Gasteiger partial charge on any atom is 0.0992 e. The summed E-state index contributed by atoms with van der Waals surface area (Å²) in [6.45, 7) is 0. The van der Waals surface area contributed by atoms with E-state index in [1.165, 1.54) is 0 Å². The SMILES string of the molecule is N#Cc1cc(-c2cccc(-c3ccccc3)c2)cc(-c2cc(-c3cccc(-c4ccccc4)c3)cc(-c3cc(C#N)cc(-c4cccc(-c5ccccc5N)c4)c3)c2)c1. The van der Waals surface area contributed by atoms with E-state index in [0.717, 1.165) is 89.0 Å². The summed E-state index contributed by atoms with van der Waals surface area (Å²) in [6, 6.07) is 77.5. The summed E-state index contributed by atoms with van der Waals surface area (Å²) in [4.78, 5) is 0. The molecular formula is C56H37N3. The Morgan fingerprint density at radius 2 is 0.525 bits per heavy atom. The van der Waals surface area contributed by atoms with Crippen LogP contribution in [-0.4, -0.2) is 0 Å². The van der Waals surface area contributed by atoms with Gasteiger partial charge >= 0.3 is 0 Å². The van der Waals surface area contributed by atoms with Crippen molar-refractivity contribution in [3.63, 3.8) is 0 Å². The van der Waals surface area contributed by atoms with Gasteiger partial charge in [-0.15, -0.1) is 0 Å². The topological polar surface area (TPSA) is 73.6 Å². The van der Waals surface area contributed by atoms with Gasteiger partial charge in [-0.2, -0.15) is 10.5 Å². The van der Waals surface area contributed by atoms with Crippen LogP contribution in [-0.2, 0) is 0 Å². The number of nitrogens with two attached hydrogens (primary N) is 1. The van der Waals surface area contributed by atoms with E-state index in [4.69, 9.17) is 5.73 Å². The van der Waals surface area contributed by atoms with E-state index >= 15 is 0 Å². The summed E-state index contributed by atoms with van der Waals surface area (Å²) in [5, 5.41) is 20.7. The summed E-state index contributed by atoms with van der Waals surface area (Å²) < 4.78 is 0. The third kappa shape index (κ3) is 7.78. The minimum atomic E-state index is 0.562. The lowest BCUT2D eigenvalue weighted by Crippen LogP contribution is -1.91. The molecule has 0 aromatic heterocycles. The normalized spacial score (nSPS) is 10.7. The molecule has 9 aromatic carbocycles. The van der Waals surface area contributed by atoms with Gasteiger partial charge in [0, 0.05) is 11.3 Å². The van der Waals surface area contributed by atoms with Gasteiger partial charge in [-0.05, 0) is 162 Å². The predicted octanol–water partition coefficient (Wildman–Crippen LogP) is 14.3. The molecule has 0 aliphatic carbocycles. The molecule has 9 rings (SSSR count). The number of nitriles is 2. The number of anilines is 1. The Morgan fingerprint density at radius 1 is 0.254 bits per heavy atom. The molecule has 276 valence electrons. The quantitative estimate of drug-likeness (QED) is 0.157. The number of rotatable bonds is 8. The zero-order valence-corrected chi connectivity index (χ0v) is 32.2. The van der Waals surface area contributed by atoms with Gasteiger partial charge in [0.1, 0.15) is 0 Å². The first-order valence-corrected chi connectivity index (χ1v) is 19.5. The number of nitrogen functional groups attached to an aromatic ring is 1. The maximum atomic E-state index is 10.3. The molecule has 59 heavy (non-hydrogen) atoms. The number of nitrogens with zero attached hydrogens (tertiary/aromatic N) is 2. The van der Waals surface area contributed by atoms with Gasteiger partial charge in [0.25, 0.3) is 0 Å². The van der Waals surface area contributed by atoms with Crippen LogP contribution in [0.4, 0.5) is 5.69 Å². The fraction of sp³-hybridized carbons (Fsp3) is 0. The van der Waals surface area contributed by atoms with Gasteiger partial charge in [-0.25, -0.2) is 0 Å². The highest BCUT2D eigenvalue weighted by molar-refractivity contribution is 5.87. The second kappa shape index (κ2) is 16.1. The fourth-order valence-corrected chi connectivity index (χ4v) is 7.82. The molecule has 0 radical (unpaired) electrons. The van der Waals surface area contributed by atoms with Crippen molar-refractivity contribution in [2.75, 3.05) is 5.73 Å². The zero-order chi connectivity index (χ0) is 40.1. The Bertz CT molecular complexity index is 3080. The average molecular weight is 752 g/mol. The van der Waals surface area contributed by atoms with Crippen molar-refractivity contribution in [2.45, 2.75) is 0 Å². The molecule has 0 saturated carbocycles. The van der Waals surface area contributed by atoms with Crippen molar-refractivity contribution < 1.29 is 0 Å². The zero-order valence-electron chi connectivity index (χ0n) is 32.2. The molecule has 0 unspecified atom stereocenters. The Hall–Kier alpha value is -8.24. The lowest BCUT2D eigenvalue weighted by Gasteiger charge is -2.15. The van der Waals surface area contributed by atoms with Gasteiger partial charge in [-0.1, -0.05) is 133 Å². The standard InChI is InChI=1S/C56H37N3/c57-36-38-24-48(44-18-9-16-42(28-44)40-12-3-1-4-13-40)31-50(26-38)53-33-52(45-19-10-17-43(29-45)41-14-5-2-6-15-41)34-54(35-53)51-27-39(37-58)25-49(32-51)46-20-11-21-47(30-46)55-22-7-8-23-56(55)59/h1-35H,59H2. The van der Waals surface area contributed by atoms with Crippen LogP contribution >= 0.6 is 0 Å². The van der Waals surface area contributed by atoms with Crippen molar-refractivity contribution in [3.8, 4) is 101 Å². The summed E-state index contributed by atoms with van der Waals surface area (Å²) in [7, 11) is 0. The van der Waals surface area contributed by atoms with Crippen molar-refractivity contribution in [1.82, 2.24) is 0 Å². The van der Waals surface area contributed by atoms with Crippen LogP contribution in [0, 0.1) is 22.7 Å². The monoisotopic (exact) mass is 751 g/mol. The van der Waals surface area contributed by atoms with Crippen LogP contribution < -0.4 is 5.73 Å². The smallest absolute Gasteiger partial charge is 0.0992 e. The molecule has 0 aliphatic rings. The van der Waals surface area contributed by atoms with E-state index in [-0.39, 0.29) is 0 Å². The van der Waals surface area contributed by atoms with Crippen molar-refractivity contribution in [3.05, 3.63) is 223 Å². The predicted molar refractivity (Wildman–Crippen MR) is 244 cm³/mol. The Kier molecular flexibility index (Phi) is 9.92. The molecule has 0 aliphatic heterocycles. The molecule has 3 nitrogen and oxygen atoms in total. The van der Waals surface area contributed by atoms with Crippen LogP contribution in [0.1, 0.15) is 11.1 Å². The average Bonchev–Trinajstić information content (AvgIpc) is 3.32. The van der Waals surface area contributed by atoms with Crippen LogP contribution in [0.5, 0.6) is 0 Å². The Labute approximate surface area is 345 Å².